The van der Waals surface area contributed by atoms with E-state index >= 15 is 0 Å². The van der Waals surface area contributed by atoms with E-state index in [0.29, 0.717) is 30.0 Å². The minimum Gasteiger partial charge on any atom is -0.478 e. The van der Waals surface area contributed by atoms with Crippen molar-refractivity contribution < 1.29 is 4.74 Å². The summed E-state index contributed by atoms with van der Waals surface area (Å²) < 4.78 is 5.95. The van der Waals surface area contributed by atoms with Crippen LogP contribution in [0.3, 0.4) is 0 Å². The number of pyridine rings is 2. The largest absolute Gasteiger partial charge is 0.478 e. The van der Waals surface area contributed by atoms with Crippen LogP contribution in [0.25, 0.3) is 73.2 Å². The summed E-state index contributed by atoms with van der Waals surface area (Å²) in [6.07, 6.45) is 11.9. The third-order valence-electron chi connectivity index (χ3n) is 9.16. The van der Waals surface area contributed by atoms with E-state index < -0.39 is 0 Å². The zero-order chi connectivity index (χ0) is 38.0. The molecular formula is C49H43N5O. The maximum absolute atomic E-state index is 5.95. The second kappa shape index (κ2) is 17.4. The standard InChI is InChI=1S/C49H43N5O/c1-5-7-9-15-34(3)38-16-12-20-42(30-38)48-52-47(53-49(54-48)43-21-14-19-41(32-43)45-22-10-11-27-50-45)37-25-23-36(24-26-37)39-17-13-18-40(31-39)44-29-35(4)51-46(33-44)55-28-8-6-2/h5,7,9-27,29-33H,3,6,8,28H2,1-2,4H3/b7-5-,15-9-. The van der Waals surface area contributed by atoms with E-state index in [-0.39, 0.29) is 0 Å². The van der Waals surface area contributed by atoms with Gasteiger partial charge in [0.05, 0.1) is 12.3 Å². The van der Waals surface area contributed by atoms with Crippen molar-refractivity contribution in [2.45, 2.75) is 33.6 Å². The van der Waals surface area contributed by atoms with E-state index in [0.717, 1.165) is 79.9 Å². The fraction of sp³-hybridized carbons (Fsp3) is 0.122. The molecule has 0 saturated heterocycles. The van der Waals surface area contributed by atoms with Crippen LogP contribution >= 0.6 is 0 Å². The minimum absolute atomic E-state index is 0.581. The topological polar surface area (TPSA) is 73.7 Å². The molecule has 7 aromatic rings. The van der Waals surface area contributed by atoms with Gasteiger partial charge >= 0.3 is 0 Å². The summed E-state index contributed by atoms with van der Waals surface area (Å²) in [7, 11) is 0. The quantitative estimate of drug-likeness (QED) is 0.0873. The number of ether oxygens (including phenoxy) is 1. The van der Waals surface area contributed by atoms with Crippen molar-refractivity contribution in [3.63, 3.8) is 0 Å². The fourth-order valence-corrected chi connectivity index (χ4v) is 6.24. The molecule has 4 aromatic carbocycles. The Hall–Kier alpha value is -6.79. The van der Waals surface area contributed by atoms with Crippen molar-refractivity contribution in [3.05, 3.63) is 176 Å². The van der Waals surface area contributed by atoms with Crippen LogP contribution in [0, 0.1) is 6.92 Å². The van der Waals surface area contributed by atoms with Crippen LogP contribution in [-0.2, 0) is 0 Å². The molecule has 6 nitrogen and oxygen atoms in total. The van der Waals surface area contributed by atoms with E-state index in [1.165, 1.54) is 0 Å². The van der Waals surface area contributed by atoms with Gasteiger partial charge in [-0.2, -0.15) is 0 Å². The molecule has 0 aliphatic rings. The first-order valence-corrected chi connectivity index (χ1v) is 18.7. The van der Waals surface area contributed by atoms with Crippen LogP contribution in [0.5, 0.6) is 5.88 Å². The van der Waals surface area contributed by atoms with Crippen LogP contribution in [0.1, 0.15) is 37.9 Å². The van der Waals surface area contributed by atoms with Crippen LogP contribution in [0.2, 0.25) is 0 Å². The smallest absolute Gasteiger partial charge is 0.214 e. The molecule has 0 radical (unpaired) electrons. The Morgan fingerprint density at radius 3 is 1.95 bits per heavy atom. The number of unbranched alkanes of at least 4 members (excludes halogenated alkanes) is 1. The molecule has 6 heteroatoms. The van der Waals surface area contributed by atoms with Crippen LogP contribution in [0.4, 0.5) is 0 Å². The lowest BCUT2D eigenvalue weighted by Gasteiger charge is -2.11. The van der Waals surface area contributed by atoms with Gasteiger partial charge in [-0.3, -0.25) is 4.98 Å². The van der Waals surface area contributed by atoms with E-state index in [9.17, 15) is 0 Å². The number of allylic oxidation sites excluding steroid dienone is 5. The predicted octanol–water partition coefficient (Wildman–Crippen LogP) is 12.3. The van der Waals surface area contributed by atoms with Gasteiger partial charge in [0, 0.05) is 40.2 Å². The molecule has 3 heterocycles. The Morgan fingerprint density at radius 1 is 0.600 bits per heavy atom. The Bertz CT molecular complexity index is 2490. The van der Waals surface area contributed by atoms with Gasteiger partial charge in [-0.25, -0.2) is 19.9 Å². The lowest BCUT2D eigenvalue weighted by molar-refractivity contribution is 0.297. The molecule has 3 aromatic heterocycles. The summed E-state index contributed by atoms with van der Waals surface area (Å²) in [5, 5.41) is 0. The molecule has 0 N–H and O–H groups in total. The molecule has 0 fully saturated rings. The van der Waals surface area contributed by atoms with Crippen molar-refractivity contribution >= 4 is 5.57 Å². The normalized spacial score (nSPS) is 11.3. The Morgan fingerprint density at radius 2 is 1.24 bits per heavy atom. The van der Waals surface area contributed by atoms with E-state index in [1.54, 1.807) is 6.20 Å². The molecule has 0 amide bonds. The third kappa shape index (κ3) is 9.06. The van der Waals surface area contributed by atoms with Gasteiger partial charge in [-0.1, -0.05) is 129 Å². The number of hydrogen-bond donors (Lipinski definition) is 0. The van der Waals surface area contributed by atoms with Gasteiger partial charge in [0.15, 0.2) is 17.5 Å². The highest BCUT2D eigenvalue weighted by atomic mass is 16.5. The molecule has 0 spiro atoms. The van der Waals surface area contributed by atoms with Crippen molar-refractivity contribution in [1.29, 1.82) is 0 Å². The van der Waals surface area contributed by atoms with Crippen molar-refractivity contribution in [1.82, 2.24) is 24.9 Å². The summed E-state index contributed by atoms with van der Waals surface area (Å²) in [6.45, 7) is 11.1. The molecular weight excluding hydrogens is 675 g/mol. The zero-order valence-electron chi connectivity index (χ0n) is 31.5. The van der Waals surface area contributed by atoms with Crippen LogP contribution < -0.4 is 4.74 Å². The highest BCUT2D eigenvalue weighted by Gasteiger charge is 2.15. The molecule has 0 unspecified atom stereocenters. The molecule has 55 heavy (non-hydrogen) atoms. The fourth-order valence-electron chi connectivity index (χ4n) is 6.24. The highest BCUT2D eigenvalue weighted by molar-refractivity contribution is 5.78. The monoisotopic (exact) mass is 717 g/mol. The van der Waals surface area contributed by atoms with Gasteiger partial charge in [0.25, 0.3) is 0 Å². The number of rotatable bonds is 13. The third-order valence-corrected chi connectivity index (χ3v) is 9.16. The van der Waals surface area contributed by atoms with Gasteiger partial charge in [-0.15, -0.1) is 0 Å². The first-order chi connectivity index (χ1) is 27.0. The van der Waals surface area contributed by atoms with Crippen molar-refractivity contribution in [3.8, 4) is 73.6 Å². The molecule has 0 atom stereocenters. The average molecular weight is 718 g/mol. The first kappa shape index (κ1) is 36.6. The van der Waals surface area contributed by atoms with E-state index in [4.69, 9.17) is 19.7 Å². The maximum atomic E-state index is 5.95. The number of aromatic nitrogens is 5. The van der Waals surface area contributed by atoms with Gasteiger partial charge in [0.1, 0.15) is 0 Å². The number of benzene rings is 4. The van der Waals surface area contributed by atoms with Gasteiger partial charge in [0.2, 0.25) is 5.88 Å². The second-order valence-electron chi connectivity index (χ2n) is 13.3. The van der Waals surface area contributed by atoms with Crippen molar-refractivity contribution in [2.24, 2.45) is 0 Å². The highest BCUT2D eigenvalue weighted by Crippen LogP contribution is 2.32. The van der Waals surface area contributed by atoms with E-state index in [1.807, 2.05) is 86.7 Å². The lowest BCUT2D eigenvalue weighted by atomic mass is 9.98. The SMILES string of the molecule is C=C(/C=C\C=C/C)c1cccc(-c2nc(-c3ccc(-c4cccc(-c5cc(C)nc(OCCCC)c5)c4)cc3)nc(-c3cccc(-c4ccccn4)c3)n2)c1. The summed E-state index contributed by atoms with van der Waals surface area (Å²) in [4.78, 5) is 24.3. The molecule has 0 aliphatic heterocycles. The Kier molecular flexibility index (Phi) is 11.5. The zero-order valence-corrected chi connectivity index (χ0v) is 31.5. The summed E-state index contributed by atoms with van der Waals surface area (Å²) in [6, 6.07) is 43.3. The molecule has 7 rings (SSSR count). The molecule has 0 bridgehead atoms. The Labute approximate surface area is 323 Å². The lowest BCUT2D eigenvalue weighted by Crippen LogP contribution is -2.00. The van der Waals surface area contributed by atoms with E-state index in [2.05, 4.69) is 102 Å². The maximum Gasteiger partial charge on any atom is 0.214 e. The van der Waals surface area contributed by atoms with Gasteiger partial charge < -0.3 is 4.74 Å². The average Bonchev–Trinajstić information content (AvgIpc) is 3.24. The number of nitrogens with zero attached hydrogens (tertiary/aromatic N) is 5. The number of aryl methyl sites for hydroxylation is 1. The van der Waals surface area contributed by atoms with Crippen molar-refractivity contribution in [2.75, 3.05) is 6.61 Å². The second-order valence-corrected chi connectivity index (χ2v) is 13.3. The molecule has 270 valence electrons. The van der Waals surface area contributed by atoms with Crippen LogP contribution in [0.15, 0.2) is 164 Å². The Balaban J connectivity index is 1.25. The first-order valence-electron chi connectivity index (χ1n) is 18.7. The predicted molar refractivity (Wildman–Crippen MR) is 226 cm³/mol. The summed E-state index contributed by atoms with van der Waals surface area (Å²) in [5.74, 6) is 2.41. The number of hydrogen-bond acceptors (Lipinski definition) is 6. The van der Waals surface area contributed by atoms with Crippen LogP contribution in [-0.4, -0.2) is 31.5 Å². The summed E-state index contributed by atoms with van der Waals surface area (Å²) >= 11 is 0. The van der Waals surface area contributed by atoms with Gasteiger partial charge in [-0.05, 0) is 90.1 Å². The molecule has 0 saturated carbocycles. The summed E-state index contributed by atoms with van der Waals surface area (Å²) in [5.41, 5.74) is 11.7. The minimum atomic E-state index is 0.581. The molecule has 0 aliphatic carbocycles.